The topological polar surface area (TPSA) is 87.3 Å². The molecule has 4 rings (SSSR count). The molecule has 0 bridgehead atoms. The first-order valence-electron chi connectivity index (χ1n) is 9.83. The van der Waals surface area contributed by atoms with Crippen LogP contribution in [0.2, 0.25) is 0 Å². The molecule has 3 amide bonds. The highest BCUT2D eigenvalue weighted by molar-refractivity contribution is 7.18. The molecular weight excluding hydrogens is 417 g/mol. The fourth-order valence-electron chi connectivity index (χ4n) is 2.91. The zero-order chi connectivity index (χ0) is 21.8. The van der Waals surface area contributed by atoms with Crippen LogP contribution in [0.4, 0.5) is 15.1 Å². The summed E-state index contributed by atoms with van der Waals surface area (Å²) in [7, 11) is 0. The largest absolute Gasteiger partial charge is 0.348 e. The van der Waals surface area contributed by atoms with E-state index in [1.54, 1.807) is 54.6 Å². The van der Waals surface area contributed by atoms with Crippen LogP contribution in [-0.2, 0) is 11.3 Å². The molecular formula is C23H20FN3O3S. The summed E-state index contributed by atoms with van der Waals surface area (Å²) in [4.78, 5) is 37.0. The highest BCUT2D eigenvalue weighted by Crippen LogP contribution is 2.31. The maximum atomic E-state index is 13.6. The molecule has 2 aromatic carbocycles. The zero-order valence-electron chi connectivity index (χ0n) is 16.5. The van der Waals surface area contributed by atoms with Crippen LogP contribution in [0.15, 0.2) is 60.7 Å². The van der Waals surface area contributed by atoms with E-state index in [0.29, 0.717) is 26.7 Å². The lowest BCUT2D eigenvalue weighted by Gasteiger charge is -2.08. The molecule has 0 unspecified atom stereocenters. The molecule has 1 aromatic heterocycles. The Labute approximate surface area is 182 Å². The highest BCUT2D eigenvalue weighted by Gasteiger charge is 2.29. The van der Waals surface area contributed by atoms with E-state index in [4.69, 9.17) is 0 Å². The van der Waals surface area contributed by atoms with Crippen molar-refractivity contribution in [2.24, 2.45) is 5.92 Å². The first-order chi connectivity index (χ1) is 15.0. The number of halogens is 1. The van der Waals surface area contributed by atoms with Crippen LogP contribution in [0.25, 0.3) is 0 Å². The molecule has 158 valence electrons. The minimum absolute atomic E-state index is 0.00215. The van der Waals surface area contributed by atoms with Crippen LogP contribution in [0, 0.1) is 11.7 Å². The first-order valence-corrected chi connectivity index (χ1v) is 10.6. The van der Waals surface area contributed by atoms with E-state index in [1.165, 1.54) is 17.4 Å². The molecule has 3 aromatic rings. The van der Waals surface area contributed by atoms with Crippen molar-refractivity contribution in [3.63, 3.8) is 0 Å². The van der Waals surface area contributed by atoms with Crippen LogP contribution in [0.5, 0.6) is 0 Å². The third kappa shape index (κ3) is 5.35. The number of carbonyl (C=O) groups is 3. The Bertz CT molecular complexity index is 1120. The molecule has 6 nitrogen and oxygen atoms in total. The smallest absolute Gasteiger partial charge is 0.265 e. The van der Waals surface area contributed by atoms with Gasteiger partial charge in [-0.15, -0.1) is 11.3 Å². The van der Waals surface area contributed by atoms with Gasteiger partial charge in [0.15, 0.2) is 0 Å². The normalized spacial score (nSPS) is 12.8. The molecule has 31 heavy (non-hydrogen) atoms. The Balaban J connectivity index is 1.31. The summed E-state index contributed by atoms with van der Waals surface area (Å²) >= 11 is 1.21. The highest BCUT2D eigenvalue weighted by atomic mass is 32.1. The molecule has 0 saturated heterocycles. The van der Waals surface area contributed by atoms with Crippen molar-refractivity contribution in [2.45, 2.75) is 19.4 Å². The fourth-order valence-corrected chi connectivity index (χ4v) is 3.72. The second-order valence-corrected chi connectivity index (χ2v) is 8.32. The van der Waals surface area contributed by atoms with Gasteiger partial charge in [0.25, 0.3) is 11.8 Å². The number of anilines is 2. The summed E-state index contributed by atoms with van der Waals surface area (Å²) < 4.78 is 13.6. The monoisotopic (exact) mass is 437 g/mol. The van der Waals surface area contributed by atoms with E-state index in [2.05, 4.69) is 16.0 Å². The van der Waals surface area contributed by atoms with Crippen LogP contribution in [-0.4, -0.2) is 17.7 Å². The van der Waals surface area contributed by atoms with E-state index in [9.17, 15) is 18.8 Å². The van der Waals surface area contributed by atoms with Gasteiger partial charge in [-0.3, -0.25) is 14.4 Å². The van der Waals surface area contributed by atoms with Crippen molar-refractivity contribution < 1.29 is 18.8 Å². The van der Waals surface area contributed by atoms with Gasteiger partial charge < -0.3 is 16.0 Å². The maximum Gasteiger partial charge on any atom is 0.265 e. The number of carbonyl (C=O) groups excluding carboxylic acids is 3. The summed E-state index contributed by atoms with van der Waals surface area (Å²) in [5.74, 6) is -0.909. The van der Waals surface area contributed by atoms with Crippen molar-refractivity contribution in [1.82, 2.24) is 5.32 Å². The fraction of sp³-hybridized carbons (Fsp3) is 0.174. The quantitative estimate of drug-likeness (QED) is 0.511. The second kappa shape index (κ2) is 9.09. The summed E-state index contributed by atoms with van der Waals surface area (Å²) in [6.45, 7) is 0.0853. The SMILES string of the molecule is O=C(NCc1ccccc1F)c1ccc(NC(=O)c2ccc(NC(=O)C3CC3)s2)cc1. The van der Waals surface area contributed by atoms with Gasteiger partial charge in [-0.2, -0.15) is 0 Å². The predicted molar refractivity (Wildman–Crippen MR) is 118 cm³/mol. The molecule has 8 heteroatoms. The van der Waals surface area contributed by atoms with E-state index in [-0.39, 0.29) is 36.0 Å². The van der Waals surface area contributed by atoms with Crippen LogP contribution in [0.3, 0.4) is 0 Å². The number of benzene rings is 2. The molecule has 1 saturated carbocycles. The molecule has 0 radical (unpaired) electrons. The number of rotatable bonds is 7. The van der Waals surface area contributed by atoms with Crippen LogP contribution < -0.4 is 16.0 Å². The van der Waals surface area contributed by atoms with Gasteiger partial charge >= 0.3 is 0 Å². The van der Waals surface area contributed by atoms with Crippen LogP contribution in [0.1, 0.15) is 38.4 Å². The molecule has 1 aliphatic rings. The van der Waals surface area contributed by atoms with E-state index >= 15 is 0 Å². The summed E-state index contributed by atoms with van der Waals surface area (Å²) in [6.07, 6.45) is 1.84. The molecule has 3 N–H and O–H groups in total. The van der Waals surface area contributed by atoms with Crippen molar-refractivity contribution in [3.05, 3.63) is 82.5 Å². The number of thiophene rings is 1. The third-order valence-corrected chi connectivity index (χ3v) is 5.83. The number of nitrogens with one attached hydrogen (secondary N) is 3. The Kier molecular flexibility index (Phi) is 6.08. The molecule has 0 spiro atoms. The Morgan fingerprint density at radius 1 is 0.903 bits per heavy atom. The molecule has 0 aliphatic heterocycles. The van der Waals surface area contributed by atoms with Crippen LogP contribution >= 0.6 is 11.3 Å². The van der Waals surface area contributed by atoms with Gasteiger partial charge in [-0.25, -0.2) is 4.39 Å². The summed E-state index contributed by atoms with van der Waals surface area (Å²) in [5.41, 5.74) is 1.34. The van der Waals surface area contributed by atoms with Crippen molar-refractivity contribution >= 4 is 39.7 Å². The maximum absolute atomic E-state index is 13.6. The molecule has 1 heterocycles. The van der Waals surface area contributed by atoms with Gasteiger partial charge in [0.2, 0.25) is 5.91 Å². The number of amides is 3. The summed E-state index contributed by atoms with van der Waals surface area (Å²) in [5, 5.41) is 8.91. The molecule has 0 atom stereocenters. The molecule has 1 aliphatic carbocycles. The zero-order valence-corrected chi connectivity index (χ0v) is 17.3. The lowest BCUT2D eigenvalue weighted by molar-refractivity contribution is -0.117. The first kappa shape index (κ1) is 20.7. The van der Waals surface area contributed by atoms with E-state index in [0.717, 1.165) is 12.8 Å². The molecule has 1 fully saturated rings. The van der Waals surface area contributed by atoms with Gasteiger partial charge in [-0.05, 0) is 55.3 Å². The van der Waals surface area contributed by atoms with Gasteiger partial charge in [0.1, 0.15) is 5.82 Å². The Morgan fingerprint density at radius 2 is 1.65 bits per heavy atom. The van der Waals surface area contributed by atoms with Crippen molar-refractivity contribution in [1.29, 1.82) is 0 Å². The average Bonchev–Trinajstić information content (AvgIpc) is 3.52. The predicted octanol–water partition coefficient (Wildman–Crippen LogP) is 4.42. The van der Waals surface area contributed by atoms with E-state index in [1.807, 2.05) is 0 Å². The average molecular weight is 437 g/mol. The lowest BCUT2D eigenvalue weighted by atomic mass is 10.1. The number of hydrogen-bond donors (Lipinski definition) is 3. The Hall–Kier alpha value is -3.52. The lowest BCUT2D eigenvalue weighted by Crippen LogP contribution is -2.23. The Morgan fingerprint density at radius 3 is 2.35 bits per heavy atom. The summed E-state index contributed by atoms with van der Waals surface area (Å²) in [6, 6.07) is 16.0. The third-order valence-electron chi connectivity index (χ3n) is 4.83. The van der Waals surface area contributed by atoms with E-state index < -0.39 is 0 Å². The van der Waals surface area contributed by atoms with Gasteiger partial charge in [0, 0.05) is 29.3 Å². The van der Waals surface area contributed by atoms with Crippen molar-refractivity contribution in [3.8, 4) is 0 Å². The van der Waals surface area contributed by atoms with Crippen molar-refractivity contribution in [2.75, 3.05) is 10.6 Å². The number of hydrogen-bond acceptors (Lipinski definition) is 4. The van der Waals surface area contributed by atoms with Gasteiger partial charge in [-0.1, -0.05) is 18.2 Å². The standard InChI is InChI=1S/C23H20FN3O3S/c24-18-4-2-1-3-16(18)13-25-21(28)14-7-9-17(10-8-14)26-23(30)19-11-12-20(31-19)27-22(29)15-5-6-15/h1-4,7-12,15H,5-6,13H2,(H,25,28)(H,26,30)(H,27,29). The minimum Gasteiger partial charge on any atom is -0.348 e. The minimum atomic E-state index is -0.371. The van der Waals surface area contributed by atoms with Gasteiger partial charge in [0.05, 0.1) is 9.88 Å². The second-order valence-electron chi connectivity index (χ2n) is 7.23.